The van der Waals surface area contributed by atoms with Crippen molar-refractivity contribution in [1.29, 1.82) is 0 Å². The molecule has 4 heteroatoms. The number of carbonyl (C=O) groups excluding carboxylic acids is 1. The van der Waals surface area contributed by atoms with Gasteiger partial charge >= 0.3 is 0 Å². The largest absolute Gasteiger partial charge is 0.294 e. The summed E-state index contributed by atoms with van der Waals surface area (Å²) in [6, 6.07) is 5.47. The van der Waals surface area contributed by atoms with E-state index in [9.17, 15) is 4.79 Å². The van der Waals surface area contributed by atoms with Crippen molar-refractivity contribution in [3.8, 4) is 0 Å². The molecule has 0 unspecified atom stereocenters. The first-order valence-electron chi connectivity index (χ1n) is 4.16. The summed E-state index contributed by atoms with van der Waals surface area (Å²) in [7, 11) is 0. The lowest BCUT2D eigenvalue weighted by molar-refractivity contribution is 0.0989. The third-order valence-electron chi connectivity index (χ3n) is 1.87. The Labute approximate surface area is 102 Å². The molecule has 0 atom stereocenters. The molecule has 0 bridgehead atoms. The summed E-state index contributed by atoms with van der Waals surface area (Å²) in [5.74, 6) is 0.445. The molecule has 0 aliphatic heterocycles. The van der Waals surface area contributed by atoms with Gasteiger partial charge in [0.25, 0.3) is 0 Å². The topological polar surface area (TPSA) is 17.1 Å². The highest BCUT2D eigenvalue weighted by Gasteiger charge is 2.07. The molecule has 0 spiro atoms. The first-order chi connectivity index (χ1) is 6.69. The molecular formula is C10H10BrClOS. The van der Waals surface area contributed by atoms with Crippen LogP contribution in [0.3, 0.4) is 0 Å². The van der Waals surface area contributed by atoms with Crippen LogP contribution in [0.1, 0.15) is 22.3 Å². The summed E-state index contributed by atoms with van der Waals surface area (Å²) in [5.41, 5.74) is 1.73. The molecule has 0 aliphatic rings. The quantitative estimate of drug-likeness (QED) is 0.509. The predicted molar refractivity (Wildman–Crippen MR) is 66.0 cm³/mol. The zero-order valence-corrected chi connectivity index (χ0v) is 10.7. The van der Waals surface area contributed by atoms with E-state index in [4.69, 9.17) is 11.6 Å². The number of halogens is 2. The Morgan fingerprint density at radius 1 is 1.50 bits per heavy atom. The molecule has 1 nitrogen and oxygen atoms in total. The van der Waals surface area contributed by atoms with E-state index in [2.05, 4.69) is 28.6 Å². The van der Waals surface area contributed by atoms with Crippen LogP contribution in [0.25, 0.3) is 0 Å². The van der Waals surface area contributed by atoms with E-state index in [1.807, 2.05) is 12.1 Å². The Hall–Kier alpha value is 0.01000. The van der Waals surface area contributed by atoms with Gasteiger partial charge in [0.2, 0.25) is 0 Å². The van der Waals surface area contributed by atoms with Crippen molar-refractivity contribution in [2.45, 2.75) is 16.6 Å². The van der Waals surface area contributed by atoms with Gasteiger partial charge in [-0.15, -0.1) is 24.2 Å². The molecule has 1 rings (SSSR count). The van der Waals surface area contributed by atoms with Gasteiger partial charge in [-0.3, -0.25) is 4.79 Å². The molecule has 0 radical (unpaired) electrons. The molecule has 0 aromatic heterocycles. The van der Waals surface area contributed by atoms with Gasteiger partial charge in [-0.25, -0.2) is 0 Å². The monoisotopic (exact) mass is 292 g/mol. The van der Waals surface area contributed by atoms with Gasteiger partial charge in [-0.1, -0.05) is 22.0 Å². The van der Waals surface area contributed by atoms with E-state index in [-0.39, 0.29) is 5.78 Å². The summed E-state index contributed by atoms with van der Waals surface area (Å²) in [6.45, 7) is 0. The zero-order chi connectivity index (χ0) is 10.6. The van der Waals surface area contributed by atoms with Crippen molar-refractivity contribution in [2.24, 2.45) is 0 Å². The molecule has 0 saturated carbocycles. The average molecular weight is 294 g/mol. The van der Waals surface area contributed by atoms with Crippen molar-refractivity contribution in [1.82, 2.24) is 0 Å². The third-order valence-corrected chi connectivity index (χ3v) is 3.10. The molecule has 14 heavy (non-hydrogen) atoms. The highest BCUT2D eigenvalue weighted by Crippen LogP contribution is 2.19. The number of thiol groups is 1. The van der Waals surface area contributed by atoms with Crippen LogP contribution in [-0.4, -0.2) is 11.7 Å². The summed E-state index contributed by atoms with van der Waals surface area (Å²) in [6.07, 6.45) is 0.384. The fourth-order valence-electron chi connectivity index (χ4n) is 1.10. The molecule has 76 valence electrons. The number of carbonyl (C=O) groups is 1. The molecule has 0 aliphatic carbocycles. The van der Waals surface area contributed by atoms with Crippen LogP contribution in [0.4, 0.5) is 0 Å². The van der Waals surface area contributed by atoms with Gasteiger partial charge in [0, 0.05) is 28.1 Å². The number of Topliss-reactive ketones (excluding diaryl/α,β-unsaturated/α-hetero) is 1. The smallest absolute Gasteiger partial charge is 0.164 e. The van der Waals surface area contributed by atoms with Crippen LogP contribution in [0.2, 0.25) is 0 Å². The maximum atomic E-state index is 11.5. The maximum Gasteiger partial charge on any atom is 0.164 e. The normalized spacial score (nSPS) is 10.2. The van der Waals surface area contributed by atoms with E-state index in [0.717, 1.165) is 10.5 Å². The standard InChI is InChI=1S/C10H10BrClOS/c11-6-8-5-7(1-2-10(8)14)9(13)3-4-12/h1-2,5,14H,3-4,6H2. The van der Waals surface area contributed by atoms with Gasteiger partial charge in [0.15, 0.2) is 5.78 Å². The molecule has 1 aromatic carbocycles. The summed E-state index contributed by atoms with van der Waals surface area (Å²) < 4.78 is 0. The van der Waals surface area contributed by atoms with Gasteiger partial charge < -0.3 is 0 Å². The molecule has 0 saturated heterocycles. The second-order valence-electron chi connectivity index (χ2n) is 2.84. The predicted octanol–water partition coefficient (Wildman–Crippen LogP) is 3.68. The molecule has 1 aromatic rings. The Balaban J connectivity index is 2.94. The van der Waals surface area contributed by atoms with Crippen molar-refractivity contribution >= 4 is 45.9 Å². The number of hydrogen-bond donors (Lipinski definition) is 1. The van der Waals surface area contributed by atoms with E-state index < -0.39 is 0 Å². The van der Waals surface area contributed by atoms with Crippen LogP contribution in [-0.2, 0) is 5.33 Å². The molecule has 0 heterocycles. The van der Waals surface area contributed by atoms with Crippen LogP contribution < -0.4 is 0 Å². The van der Waals surface area contributed by atoms with Crippen molar-refractivity contribution < 1.29 is 4.79 Å². The molecule has 0 amide bonds. The van der Waals surface area contributed by atoms with Crippen LogP contribution in [0.15, 0.2) is 23.1 Å². The third kappa shape index (κ3) is 3.01. The van der Waals surface area contributed by atoms with Crippen molar-refractivity contribution in [3.63, 3.8) is 0 Å². The van der Waals surface area contributed by atoms with Crippen LogP contribution in [0.5, 0.6) is 0 Å². The fourth-order valence-corrected chi connectivity index (χ4v) is 2.17. The first-order valence-corrected chi connectivity index (χ1v) is 6.26. The Morgan fingerprint density at radius 2 is 2.21 bits per heavy atom. The molecule has 0 N–H and O–H groups in total. The Bertz CT molecular complexity index is 341. The first kappa shape index (κ1) is 12.1. The van der Waals surface area contributed by atoms with Gasteiger partial charge in [-0.2, -0.15) is 0 Å². The van der Waals surface area contributed by atoms with E-state index in [1.54, 1.807) is 6.07 Å². The van der Waals surface area contributed by atoms with Crippen molar-refractivity contribution in [2.75, 3.05) is 5.88 Å². The molecule has 0 fully saturated rings. The SMILES string of the molecule is O=C(CCCl)c1ccc(S)c(CBr)c1. The fraction of sp³-hybridized carbons (Fsp3) is 0.300. The van der Waals surface area contributed by atoms with E-state index >= 15 is 0 Å². The minimum absolute atomic E-state index is 0.0792. The van der Waals surface area contributed by atoms with Crippen molar-refractivity contribution in [3.05, 3.63) is 29.3 Å². The Kier molecular flexibility index (Phi) is 4.99. The Morgan fingerprint density at radius 3 is 2.79 bits per heavy atom. The summed E-state index contributed by atoms with van der Waals surface area (Å²) in [4.78, 5) is 12.4. The lowest BCUT2D eigenvalue weighted by Gasteiger charge is -2.04. The second kappa shape index (κ2) is 5.79. The highest BCUT2D eigenvalue weighted by atomic mass is 79.9. The lowest BCUT2D eigenvalue weighted by Crippen LogP contribution is -2.00. The minimum atomic E-state index is 0.0792. The zero-order valence-electron chi connectivity index (χ0n) is 7.46. The van der Waals surface area contributed by atoms with Gasteiger partial charge in [0.1, 0.15) is 0 Å². The number of hydrogen-bond acceptors (Lipinski definition) is 2. The average Bonchev–Trinajstić information content (AvgIpc) is 2.19. The van der Waals surface area contributed by atoms with E-state index in [1.165, 1.54) is 0 Å². The number of alkyl halides is 2. The molecular weight excluding hydrogens is 284 g/mol. The van der Waals surface area contributed by atoms with Gasteiger partial charge in [-0.05, 0) is 17.7 Å². The minimum Gasteiger partial charge on any atom is -0.294 e. The van der Waals surface area contributed by atoms with E-state index in [0.29, 0.717) is 23.2 Å². The van der Waals surface area contributed by atoms with Crippen LogP contribution >= 0.6 is 40.2 Å². The van der Waals surface area contributed by atoms with Crippen LogP contribution in [0, 0.1) is 0 Å². The highest BCUT2D eigenvalue weighted by molar-refractivity contribution is 9.08. The number of ketones is 1. The lowest BCUT2D eigenvalue weighted by atomic mass is 10.1. The second-order valence-corrected chi connectivity index (χ2v) is 4.26. The van der Waals surface area contributed by atoms with Gasteiger partial charge in [0.05, 0.1) is 0 Å². The number of rotatable bonds is 4. The summed E-state index contributed by atoms with van der Waals surface area (Å²) >= 11 is 13.1. The summed E-state index contributed by atoms with van der Waals surface area (Å²) in [5, 5.41) is 0.702. The maximum absolute atomic E-state index is 11.5. The number of benzene rings is 1.